The predicted octanol–water partition coefficient (Wildman–Crippen LogP) is 5.84. The van der Waals surface area contributed by atoms with E-state index in [2.05, 4.69) is 24.4 Å². The topological polar surface area (TPSA) is 59.1 Å². The van der Waals surface area contributed by atoms with E-state index in [1.165, 1.54) is 10.4 Å². The van der Waals surface area contributed by atoms with Crippen molar-refractivity contribution in [3.05, 3.63) is 86.1 Å². The molecule has 0 N–H and O–H groups in total. The van der Waals surface area contributed by atoms with E-state index in [0.717, 1.165) is 36.1 Å². The number of rotatable bonds is 8. The lowest BCUT2D eigenvalue weighted by atomic mass is 10.00. The van der Waals surface area contributed by atoms with Crippen molar-refractivity contribution in [1.29, 1.82) is 0 Å². The second kappa shape index (κ2) is 11.9. The first kappa shape index (κ1) is 26.7. The Morgan fingerprint density at radius 1 is 1.18 bits per heavy atom. The highest BCUT2D eigenvalue weighted by atomic mass is 35.5. The summed E-state index contributed by atoms with van der Waals surface area (Å²) in [5, 5.41) is 2.57. The Kier molecular flexibility index (Phi) is 8.36. The number of amides is 2. The van der Waals surface area contributed by atoms with Gasteiger partial charge in [-0.25, -0.2) is 0 Å². The molecular weight excluding hydrogens is 520 g/mol. The summed E-state index contributed by atoms with van der Waals surface area (Å²) in [5.74, 6) is 0.513. The molecule has 1 fully saturated rings. The van der Waals surface area contributed by atoms with Gasteiger partial charge in [-0.05, 0) is 79.9 Å². The predicted molar refractivity (Wildman–Crippen MR) is 150 cm³/mol. The van der Waals surface area contributed by atoms with E-state index in [0.29, 0.717) is 36.9 Å². The van der Waals surface area contributed by atoms with Gasteiger partial charge in [0.25, 0.3) is 5.91 Å². The fraction of sp³-hybridized carbons (Fsp3) is 0.400. The number of thiophene rings is 1. The largest absolute Gasteiger partial charge is 0.491 e. The average molecular weight is 553 g/mol. The van der Waals surface area contributed by atoms with E-state index < -0.39 is 0 Å². The molecule has 8 heteroatoms. The summed E-state index contributed by atoms with van der Waals surface area (Å²) >= 11 is 7.89. The highest BCUT2D eigenvalue weighted by Gasteiger charge is 2.34. The van der Waals surface area contributed by atoms with Crippen LogP contribution in [0.3, 0.4) is 0 Å². The van der Waals surface area contributed by atoms with Crippen LogP contribution < -0.4 is 4.74 Å². The van der Waals surface area contributed by atoms with E-state index >= 15 is 0 Å². The molecule has 3 heterocycles. The molecule has 2 amide bonds. The van der Waals surface area contributed by atoms with E-state index in [1.807, 2.05) is 24.0 Å². The number of benzene rings is 2. The van der Waals surface area contributed by atoms with Crippen molar-refractivity contribution in [1.82, 2.24) is 9.80 Å². The van der Waals surface area contributed by atoms with Gasteiger partial charge in [-0.3, -0.25) is 9.59 Å². The molecule has 0 saturated carbocycles. The molecule has 5 rings (SSSR count). The summed E-state index contributed by atoms with van der Waals surface area (Å²) in [4.78, 5) is 32.2. The number of ether oxygens (including phenoxy) is 2. The Morgan fingerprint density at radius 2 is 2.05 bits per heavy atom. The Morgan fingerprint density at radius 3 is 2.82 bits per heavy atom. The van der Waals surface area contributed by atoms with Crippen molar-refractivity contribution in [2.75, 3.05) is 32.8 Å². The number of carbonyl (C=O) groups excluding carboxylic acids is 2. The molecule has 0 radical (unpaired) electrons. The van der Waals surface area contributed by atoms with Gasteiger partial charge in [-0.2, -0.15) is 0 Å². The van der Waals surface area contributed by atoms with Crippen molar-refractivity contribution < 1.29 is 19.1 Å². The normalized spacial score (nSPS) is 18.8. The maximum Gasteiger partial charge on any atom is 0.254 e. The Labute approximate surface area is 233 Å². The van der Waals surface area contributed by atoms with Gasteiger partial charge in [0.05, 0.1) is 12.1 Å². The monoisotopic (exact) mass is 552 g/mol. The van der Waals surface area contributed by atoms with Gasteiger partial charge in [-0.1, -0.05) is 35.4 Å². The summed E-state index contributed by atoms with van der Waals surface area (Å²) in [5.41, 5.74) is 3.85. The second-order valence-electron chi connectivity index (χ2n) is 10.1. The number of nitrogens with zero attached hydrogens (tertiary/aromatic N) is 2. The first-order valence-electron chi connectivity index (χ1n) is 13.1. The van der Waals surface area contributed by atoms with E-state index in [1.54, 1.807) is 40.5 Å². The molecule has 0 spiro atoms. The van der Waals surface area contributed by atoms with Crippen LogP contribution in [0.2, 0.25) is 5.02 Å². The molecule has 2 atom stereocenters. The third-order valence-electron chi connectivity index (χ3n) is 7.28. The van der Waals surface area contributed by atoms with Crippen molar-refractivity contribution >= 4 is 34.8 Å². The van der Waals surface area contributed by atoms with Crippen LogP contribution in [-0.2, 0) is 16.0 Å². The van der Waals surface area contributed by atoms with Crippen LogP contribution >= 0.6 is 22.9 Å². The lowest BCUT2D eigenvalue weighted by Gasteiger charge is -2.37. The SMILES string of the molecule is Cc1ccc(OC[C@@H]2c3ccsc3CCN2C(=O)CN(C[C@@H]2CCCO2)C(=O)c2cccc(Cl)c2)c(C)c1. The standard InChI is InChI=1S/C30H33ClN2O4S/c1-20-8-9-27(21(2)15-20)37-19-26-25-11-14-38-28(25)10-12-33(26)29(34)18-32(17-24-7-4-13-36-24)30(35)22-5-3-6-23(31)16-22/h3,5-6,8-9,11,14-16,24,26H,4,7,10,12-13,17-19H2,1-2H3/t24-,26+/m0/s1. The average Bonchev–Trinajstić information content (AvgIpc) is 3.59. The molecule has 2 aliphatic rings. The van der Waals surface area contributed by atoms with Crippen molar-refractivity contribution in [2.24, 2.45) is 0 Å². The van der Waals surface area contributed by atoms with Crippen LogP contribution in [0.1, 0.15) is 50.8 Å². The summed E-state index contributed by atoms with van der Waals surface area (Å²) in [6, 6.07) is 14.9. The quantitative estimate of drug-likeness (QED) is 0.352. The van der Waals surface area contributed by atoms with Gasteiger partial charge in [0.2, 0.25) is 5.91 Å². The van der Waals surface area contributed by atoms with Crippen LogP contribution in [0.4, 0.5) is 0 Å². The molecule has 1 aromatic heterocycles. The molecular formula is C30H33ClN2O4S. The summed E-state index contributed by atoms with van der Waals surface area (Å²) in [7, 11) is 0. The molecule has 0 aliphatic carbocycles. The highest BCUT2D eigenvalue weighted by molar-refractivity contribution is 7.10. The molecule has 2 aromatic carbocycles. The van der Waals surface area contributed by atoms with Crippen molar-refractivity contribution in [2.45, 2.75) is 45.3 Å². The van der Waals surface area contributed by atoms with E-state index in [9.17, 15) is 9.59 Å². The Balaban J connectivity index is 1.36. The number of aryl methyl sites for hydroxylation is 2. The number of fused-ring (bicyclic) bond motifs is 1. The first-order valence-corrected chi connectivity index (χ1v) is 14.4. The lowest BCUT2D eigenvalue weighted by molar-refractivity contribution is -0.135. The van der Waals surface area contributed by atoms with Crippen molar-refractivity contribution in [3.63, 3.8) is 0 Å². The number of hydrogen-bond acceptors (Lipinski definition) is 5. The Hall–Kier alpha value is -2.87. The maximum absolute atomic E-state index is 13.9. The Bertz CT molecular complexity index is 1300. The van der Waals surface area contributed by atoms with Crippen LogP contribution in [-0.4, -0.2) is 60.6 Å². The fourth-order valence-electron chi connectivity index (χ4n) is 5.32. The molecule has 3 aromatic rings. The third kappa shape index (κ3) is 6.06. The van der Waals surface area contributed by atoms with Gasteiger partial charge in [0.1, 0.15) is 18.9 Å². The zero-order valence-corrected chi connectivity index (χ0v) is 23.4. The van der Waals surface area contributed by atoms with Crippen LogP contribution in [0.25, 0.3) is 0 Å². The maximum atomic E-state index is 13.9. The minimum absolute atomic E-state index is 0.0231. The zero-order valence-electron chi connectivity index (χ0n) is 21.8. The first-order chi connectivity index (χ1) is 18.4. The van der Waals surface area contributed by atoms with Crippen molar-refractivity contribution in [3.8, 4) is 5.75 Å². The van der Waals surface area contributed by atoms with E-state index in [-0.39, 0.29) is 30.5 Å². The van der Waals surface area contributed by atoms with Crippen LogP contribution in [0.5, 0.6) is 5.75 Å². The molecule has 38 heavy (non-hydrogen) atoms. The minimum Gasteiger partial charge on any atom is -0.491 e. The highest BCUT2D eigenvalue weighted by Crippen LogP contribution is 2.34. The minimum atomic E-state index is -0.218. The fourth-order valence-corrected chi connectivity index (χ4v) is 6.43. The van der Waals surface area contributed by atoms with Gasteiger partial charge in [0.15, 0.2) is 0 Å². The summed E-state index contributed by atoms with van der Waals surface area (Å²) < 4.78 is 12.1. The van der Waals surface area contributed by atoms with Crippen LogP contribution in [0.15, 0.2) is 53.9 Å². The molecule has 6 nitrogen and oxygen atoms in total. The molecule has 2 aliphatic heterocycles. The number of hydrogen-bond donors (Lipinski definition) is 0. The van der Waals surface area contributed by atoms with E-state index in [4.69, 9.17) is 21.1 Å². The zero-order chi connectivity index (χ0) is 26.6. The number of halogens is 1. The lowest BCUT2D eigenvalue weighted by Crippen LogP contribution is -2.49. The molecule has 0 unspecified atom stereocenters. The molecule has 200 valence electrons. The smallest absolute Gasteiger partial charge is 0.254 e. The van der Waals surface area contributed by atoms with Gasteiger partial charge < -0.3 is 19.3 Å². The molecule has 0 bridgehead atoms. The van der Waals surface area contributed by atoms with Gasteiger partial charge in [0, 0.05) is 35.2 Å². The van der Waals surface area contributed by atoms with Crippen LogP contribution in [0, 0.1) is 13.8 Å². The van der Waals surface area contributed by atoms with Gasteiger partial charge in [-0.15, -0.1) is 11.3 Å². The second-order valence-corrected chi connectivity index (χ2v) is 11.5. The van der Waals surface area contributed by atoms with Gasteiger partial charge >= 0.3 is 0 Å². The summed E-state index contributed by atoms with van der Waals surface area (Å²) in [6.45, 7) is 6.07. The third-order valence-corrected chi connectivity index (χ3v) is 8.51. The summed E-state index contributed by atoms with van der Waals surface area (Å²) in [6.07, 6.45) is 2.57. The molecule has 1 saturated heterocycles. The number of carbonyl (C=O) groups is 2.